The highest BCUT2D eigenvalue weighted by atomic mass is 35.5. The van der Waals surface area contributed by atoms with Gasteiger partial charge in [-0.3, -0.25) is 9.52 Å². The molecule has 0 aliphatic heterocycles. The Kier molecular flexibility index (Phi) is 6.54. The fourth-order valence-electron chi connectivity index (χ4n) is 2.01. The number of thiazole rings is 1. The van der Waals surface area contributed by atoms with E-state index in [0.717, 1.165) is 22.5 Å². The minimum atomic E-state index is -3.65. The summed E-state index contributed by atoms with van der Waals surface area (Å²) < 4.78 is 26.5. The normalized spacial score (nSPS) is 11.8. The van der Waals surface area contributed by atoms with Gasteiger partial charge in [-0.1, -0.05) is 35.9 Å². The van der Waals surface area contributed by atoms with Crippen molar-refractivity contribution in [2.45, 2.75) is 13.0 Å². The molecule has 0 unspecified atom stereocenters. The molecule has 10 heteroatoms. The molecular formula is C15H16ClN3O4S2. The van der Waals surface area contributed by atoms with Gasteiger partial charge in [0.25, 0.3) is 0 Å². The summed E-state index contributed by atoms with van der Waals surface area (Å²) in [7, 11) is -3.65. The number of halogens is 1. The Morgan fingerprint density at radius 3 is 2.88 bits per heavy atom. The highest BCUT2D eigenvalue weighted by Crippen LogP contribution is 2.21. The first kappa shape index (κ1) is 19.4. The third-order valence-corrected chi connectivity index (χ3v) is 5.52. The van der Waals surface area contributed by atoms with Crippen LogP contribution in [0.4, 0.5) is 5.13 Å². The first-order valence-electron chi connectivity index (χ1n) is 7.11. The monoisotopic (exact) mass is 401 g/mol. The number of nitrogens with two attached hydrogens (primary N) is 1. The lowest BCUT2D eigenvalue weighted by Crippen LogP contribution is -2.15. The molecule has 4 N–H and O–H groups in total. The second-order valence-electron chi connectivity index (χ2n) is 5.01. The van der Waals surface area contributed by atoms with Crippen molar-refractivity contribution >= 4 is 50.1 Å². The van der Waals surface area contributed by atoms with E-state index in [-0.39, 0.29) is 23.8 Å². The molecule has 0 aliphatic carbocycles. The van der Waals surface area contributed by atoms with Crippen LogP contribution in [0.2, 0.25) is 5.02 Å². The summed E-state index contributed by atoms with van der Waals surface area (Å²) in [5, 5.41) is 10.9. The van der Waals surface area contributed by atoms with Crippen LogP contribution >= 0.6 is 22.9 Å². The Bertz CT molecular complexity index is 894. The van der Waals surface area contributed by atoms with Crippen molar-refractivity contribution in [1.29, 1.82) is 0 Å². The van der Waals surface area contributed by atoms with E-state index in [9.17, 15) is 13.2 Å². The van der Waals surface area contributed by atoms with Crippen LogP contribution in [-0.4, -0.2) is 30.2 Å². The Labute approximate surface area is 154 Å². The summed E-state index contributed by atoms with van der Waals surface area (Å²) in [6.07, 6.45) is 2.87. The maximum absolute atomic E-state index is 12.1. The average molecular weight is 402 g/mol. The molecule has 7 nitrogen and oxygen atoms in total. The van der Waals surface area contributed by atoms with Crippen LogP contribution in [-0.2, 0) is 27.8 Å². The highest BCUT2D eigenvalue weighted by molar-refractivity contribution is 7.93. The van der Waals surface area contributed by atoms with E-state index in [1.807, 2.05) is 0 Å². The molecule has 2 aromatic rings. The van der Waals surface area contributed by atoms with E-state index in [0.29, 0.717) is 10.7 Å². The van der Waals surface area contributed by atoms with Gasteiger partial charge in [0.1, 0.15) is 0 Å². The molecule has 1 aromatic heterocycles. The number of hydrogen-bond donors (Lipinski definition) is 3. The summed E-state index contributed by atoms with van der Waals surface area (Å²) in [5.41, 5.74) is 7.45. The molecule has 1 heterocycles. The van der Waals surface area contributed by atoms with E-state index in [2.05, 4.69) is 9.71 Å². The number of aromatic nitrogens is 1. The number of carbonyl (C=O) groups is 1. The Morgan fingerprint density at radius 2 is 2.20 bits per heavy atom. The number of nitrogens with zero attached hydrogens (tertiary/aromatic N) is 1. The van der Waals surface area contributed by atoms with Crippen LogP contribution < -0.4 is 10.5 Å². The van der Waals surface area contributed by atoms with Gasteiger partial charge < -0.3 is 10.8 Å². The van der Waals surface area contributed by atoms with Crippen molar-refractivity contribution in [2.24, 2.45) is 5.73 Å². The lowest BCUT2D eigenvalue weighted by molar-refractivity contribution is -0.136. The molecule has 134 valence electrons. The van der Waals surface area contributed by atoms with E-state index >= 15 is 0 Å². The number of nitrogens with one attached hydrogen (secondary N) is 1. The van der Waals surface area contributed by atoms with E-state index in [1.165, 1.54) is 11.5 Å². The zero-order valence-corrected chi connectivity index (χ0v) is 15.4. The van der Waals surface area contributed by atoms with Crippen LogP contribution in [0.25, 0.3) is 6.08 Å². The number of aliphatic carboxylic acids is 1. The zero-order valence-electron chi connectivity index (χ0n) is 13.0. The fraction of sp³-hybridized carbons (Fsp3) is 0.200. The molecule has 25 heavy (non-hydrogen) atoms. The van der Waals surface area contributed by atoms with Crippen molar-refractivity contribution in [3.05, 3.63) is 51.5 Å². The number of rotatable bonds is 8. The molecule has 0 atom stereocenters. The maximum atomic E-state index is 12.1. The van der Waals surface area contributed by atoms with Crippen LogP contribution in [0.1, 0.15) is 16.8 Å². The van der Waals surface area contributed by atoms with E-state index < -0.39 is 16.0 Å². The fourth-order valence-corrected chi connectivity index (χ4v) is 4.14. The molecule has 1 aromatic carbocycles. The smallest absolute Gasteiger partial charge is 0.309 e. The van der Waals surface area contributed by atoms with Crippen molar-refractivity contribution in [3.8, 4) is 0 Å². The molecule has 0 saturated carbocycles. The largest absolute Gasteiger partial charge is 0.481 e. The second-order valence-corrected chi connectivity index (χ2v) is 8.04. The van der Waals surface area contributed by atoms with Gasteiger partial charge in [-0.2, -0.15) is 0 Å². The molecule has 0 bridgehead atoms. The van der Waals surface area contributed by atoms with Crippen LogP contribution in [0.5, 0.6) is 0 Å². The van der Waals surface area contributed by atoms with Crippen LogP contribution in [0.3, 0.4) is 0 Å². The predicted octanol–water partition coefficient (Wildman–Crippen LogP) is 2.34. The summed E-state index contributed by atoms with van der Waals surface area (Å²) in [6.45, 7) is 0.246. The Morgan fingerprint density at radius 1 is 1.44 bits per heavy atom. The molecule has 0 fully saturated rings. The predicted molar refractivity (Wildman–Crippen MR) is 99.2 cm³/mol. The Balaban J connectivity index is 2.03. The molecule has 0 radical (unpaired) electrons. The molecule has 2 rings (SSSR count). The third-order valence-electron chi connectivity index (χ3n) is 3.10. The van der Waals surface area contributed by atoms with E-state index in [1.54, 1.807) is 24.3 Å². The molecule has 0 spiro atoms. The van der Waals surface area contributed by atoms with Crippen molar-refractivity contribution in [3.63, 3.8) is 0 Å². The van der Waals surface area contributed by atoms with Gasteiger partial charge in [0.2, 0.25) is 10.0 Å². The molecule has 0 aliphatic rings. The average Bonchev–Trinajstić information content (AvgIpc) is 2.92. The summed E-state index contributed by atoms with van der Waals surface area (Å²) >= 11 is 7.08. The van der Waals surface area contributed by atoms with Crippen LogP contribution in [0.15, 0.2) is 29.7 Å². The number of anilines is 1. The highest BCUT2D eigenvalue weighted by Gasteiger charge is 2.13. The van der Waals surface area contributed by atoms with Crippen LogP contribution in [0, 0.1) is 0 Å². The number of hydrogen-bond acceptors (Lipinski definition) is 6. The van der Waals surface area contributed by atoms with Crippen molar-refractivity contribution in [2.75, 3.05) is 10.5 Å². The van der Waals surface area contributed by atoms with Gasteiger partial charge in [0, 0.05) is 16.9 Å². The van der Waals surface area contributed by atoms with E-state index in [4.69, 9.17) is 22.4 Å². The van der Waals surface area contributed by atoms with Gasteiger partial charge in [0.05, 0.1) is 17.9 Å². The standard InChI is InChI=1S/C15H16ClN3O4S2/c16-13-5-1-3-10(12(13)8-17)4-2-6-25(22,23)19-15-18-11(9-24-15)7-14(20)21/h1-5,9H,6-8,17H2,(H,18,19)(H,20,21). The number of carboxylic acids is 1. The topological polar surface area (TPSA) is 122 Å². The number of sulfonamides is 1. The second kappa shape index (κ2) is 8.43. The summed E-state index contributed by atoms with van der Waals surface area (Å²) in [6, 6.07) is 5.27. The lowest BCUT2D eigenvalue weighted by Gasteiger charge is -2.06. The Hall–Kier alpha value is -1.94. The first-order valence-corrected chi connectivity index (χ1v) is 10.0. The number of benzene rings is 1. The minimum absolute atomic E-state index is 0.134. The maximum Gasteiger partial charge on any atom is 0.309 e. The van der Waals surface area contributed by atoms with Crippen molar-refractivity contribution in [1.82, 2.24) is 4.98 Å². The summed E-state index contributed by atoms with van der Waals surface area (Å²) in [5.74, 6) is -1.29. The lowest BCUT2D eigenvalue weighted by atomic mass is 10.1. The molecule has 0 amide bonds. The SMILES string of the molecule is NCc1c(Cl)cccc1C=CCS(=O)(=O)Nc1nc(CC(=O)O)cs1. The van der Waals surface area contributed by atoms with Gasteiger partial charge in [-0.25, -0.2) is 13.4 Å². The minimum Gasteiger partial charge on any atom is -0.481 e. The van der Waals surface area contributed by atoms with Gasteiger partial charge >= 0.3 is 5.97 Å². The molecular weight excluding hydrogens is 386 g/mol. The zero-order chi connectivity index (χ0) is 18.4. The quantitative estimate of drug-likeness (QED) is 0.623. The number of carboxylic acid groups (broad SMARTS) is 1. The van der Waals surface area contributed by atoms with Gasteiger partial charge in [0.15, 0.2) is 5.13 Å². The van der Waals surface area contributed by atoms with Crippen molar-refractivity contribution < 1.29 is 18.3 Å². The van der Waals surface area contributed by atoms with Gasteiger partial charge in [-0.05, 0) is 17.2 Å². The first-order chi connectivity index (χ1) is 11.8. The third kappa shape index (κ3) is 5.82. The van der Waals surface area contributed by atoms with Gasteiger partial charge in [-0.15, -0.1) is 11.3 Å². The summed E-state index contributed by atoms with van der Waals surface area (Å²) in [4.78, 5) is 14.5. The molecule has 0 saturated heterocycles.